The van der Waals surface area contributed by atoms with Crippen LogP contribution >= 0.6 is 34.4 Å². The third-order valence-electron chi connectivity index (χ3n) is 3.82. The molecular formula is C20H17N3O3S3. The van der Waals surface area contributed by atoms with Gasteiger partial charge in [-0.15, -0.1) is 34.4 Å². The first-order chi connectivity index (χ1) is 14.0. The smallest absolute Gasteiger partial charge is 0.338 e. The number of aromatic nitrogens is 1. The average Bonchev–Trinajstić information content (AvgIpc) is 3.34. The van der Waals surface area contributed by atoms with Crippen molar-refractivity contribution in [2.45, 2.75) is 30.6 Å². The summed E-state index contributed by atoms with van der Waals surface area (Å²) in [5.74, 6) is -0.298. The van der Waals surface area contributed by atoms with Crippen molar-refractivity contribution in [3.05, 3.63) is 62.9 Å². The maximum Gasteiger partial charge on any atom is 0.338 e. The van der Waals surface area contributed by atoms with Crippen LogP contribution in [0.2, 0.25) is 0 Å². The molecule has 1 atom stereocenters. The first kappa shape index (κ1) is 21.0. The van der Waals surface area contributed by atoms with Crippen LogP contribution in [0.1, 0.15) is 33.5 Å². The molecule has 0 aliphatic carbocycles. The molecule has 0 saturated heterocycles. The number of nitrogens with zero attached hydrogens (tertiary/aromatic N) is 2. The van der Waals surface area contributed by atoms with Crippen LogP contribution in [0.25, 0.3) is 0 Å². The molecule has 148 valence electrons. The van der Waals surface area contributed by atoms with E-state index in [9.17, 15) is 9.59 Å². The Bertz CT molecular complexity index is 1050. The second kappa shape index (κ2) is 9.69. The van der Waals surface area contributed by atoms with Crippen molar-refractivity contribution in [1.29, 1.82) is 5.26 Å². The van der Waals surface area contributed by atoms with Gasteiger partial charge in [-0.3, -0.25) is 4.79 Å². The average molecular weight is 444 g/mol. The van der Waals surface area contributed by atoms with Crippen molar-refractivity contribution in [1.82, 2.24) is 4.98 Å². The monoisotopic (exact) mass is 443 g/mol. The van der Waals surface area contributed by atoms with Crippen molar-refractivity contribution < 1.29 is 14.3 Å². The van der Waals surface area contributed by atoms with Crippen LogP contribution in [0.15, 0.2) is 46.0 Å². The number of thiophene rings is 1. The maximum atomic E-state index is 12.3. The number of benzene rings is 1. The molecule has 1 N–H and O–H groups in total. The first-order valence-electron chi connectivity index (χ1n) is 8.59. The van der Waals surface area contributed by atoms with Crippen molar-refractivity contribution in [2.24, 2.45) is 0 Å². The van der Waals surface area contributed by atoms with Crippen molar-refractivity contribution in [2.75, 3.05) is 5.32 Å². The minimum absolute atomic E-state index is 0.368. The Kier molecular flexibility index (Phi) is 7.04. The Morgan fingerprint density at radius 3 is 2.69 bits per heavy atom. The molecule has 0 radical (unpaired) electrons. The summed E-state index contributed by atoms with van der Waals surface area (Å²) in [7, 11) is 0. The molecule has 0 fully saturated rings. The highest BCUT2D eigenvalue weighted by Gasteiger charge is 2.20. The number of carbonyl (C=O) groups excluding carboxylic acids is 2. The van der Waals surface area contributed by atoms with E-state index in [0.717, 1.165) is 21.3 Å². The summed E-state index contributed by atoms with van der Waals surface area (Å²) in [4.78, 5) is 30.0. The first-order valence-corrected chi connectivity index (χ1v) is 11.3. The number of ether oxygens (including phenoxy) is 1. The van der Waals surface area contributed by atoms with Gasteiger partial charge in [0.05, 0.1) is 21.8 Å². The Hall–Kier alpha value is -2.67. The molecule has 6 nitrogen and oxygen atoms in total. The van der Waals surface area contributed by atoms with Gasteiger partial charge >= 0.3 is 5.97 Å². The summed E-state index contributed by atoms with van der Waals surface area (Å²) < 4.78 is 5.25. The van der Waals surface area contributed by atoms with E-state index in [2.05, 4.69) is 10.3 Å². The van der Waals surface area contributed by atoms with Gasteiger partial charge in [-0.1, -0.05) is 0 Å². The summed E-state index contributed by atoms with van der Waals surface area (Å²) in [6.07, 6.45) is -0.988. The summed E-state index contributed by atoms with van der Waals surface area (Å²) in [5.41, 5.74) is 1.78. The van der Waals surface area contributed by atoms with Crippen molar-refractivity contribution in [3.8, 4) is 6.07 Å². The highest BCUT2D eigenvalue weighted by Crippen LogP contribution is 2.25. The fourth-order valence-electron chi connectivity index (χ4n) is 2.31. The molecule has 3 rings (SSSR count). The van der Waals surface area contributed by atoms with Gasteiger partial charge in [-0.25, -0.2) is 9.78 Å². The van der Waals surface area contributed by atoms with Crippen molar-refractivity contribution >= 4 is 51.3 Å². The molecule has 0 spiro atoms. The molecule has 1 aromatic carbocycles. The third-order valence-corrected chi connectivity index (χ3v) is 6.52. The highest BCUT2D eigenvalue weighted by atomic mass is 32.2. The quantitative estimate of drug-likeness (QED) is 0.414. The number of thioether (sulfide) groups is 1. The lowest BCUT2D eigenvalue weighted by Crippen LogP contribution is -2.29. The van der Waals surface area contributed by atoms with E-state index >= 15 is 0 Å². The molecular weight excluding hydrogens is 426 g/mol. The van der Waals surface area contributed by atoms with Gasteiger partial charge < -0.3 is 10.1 Å². The van der Waals surface area contributed by atoms with Gasteiger partial charge in [0.25, 0.3) is 5.91 Å². The van der Waals surface area contributed by atoms with Crippen LogP contribution in [0.5, 0.6) is 0 Å². The van der Waals surface area contributed by atoms with Gasteiger partial charge in [0.2, 0.25) is 0 Å². The molecule has 29 heavy (non-hydrogen) atoms. The molecule has 0 saturated carbocycles. The number of rotatable bonds is 7. The standard InChI is InChI=1S/C20H17N3O3S3/c1-12(18(24)23-19-15(9-21)7-8-27-19)26-20(25)14-3-5-17(6-4-14)29-11-16-10-28-13(2)22-16/h3-8,10,12H,11H2,1-2H3,(H,23,24). The predicted molar refractivity (Wildman–Crippen MR) is 115 cm³/mol. The fraction of sp³-hybridized carbons (Fsp3) is 0.200. The zero-order valence-electron chi connectivity index (χ0n) is 15.7. The number of nitriles is 1. The van der Waals surface area contributed by atoms with Gasteiger partial charge in [0.15, 0.2) is 6.10 Å². The van der Waals surface area contributed by atoms with E-state index < -0.39 is 18.0 Å². The van der Waals surface area contributed by atoms with Crippen LogP contribution in [-0.2, 0) is 15.3 Å². The Balaban J connectivity index is 1.53. The lowest BCUT2D eigenvalue weighted by molar-refractivity contribution is -0.123. The number of nitrogens with one attached hydrogen (secondary N) is 1. The number of thiazole rings is 1. The van der Waals surface area contributed by atoms with E-state index in [1.54, 1.807) is 46.7 Å². The van der Waals surface area contributed by atoms with Crippen molar-refractivity contribution in [3.63, 3.8) is 0 Å². The molecule has 3 aromatic rings. The minimum atomic E-state index is -0.988. The zero-order valence-corrected chi connectivity index (χ0v) is 18.1. The van der Waals surface area contributed by atoms with Crippen LogP contribution in [0, 0.1) is 18.3 Å². The van der Waals surface area contributed by atoms with E-state index in [1.165, 1.54) is 18.3 Å². The summed E-state index contributed by atoms with van der Waals surface area (Å²) >= 11 is 4.50. The van der Waals surface area contributed by atoms with Gasteiger partial charge in [-0.05, 0) is 49.6 Å². The summed E-state index contributed by atoms with van der Waals surface area (Å²) in [6, 6.07) is 10.7. The molecule has 2 heterocycles. The number of hydrogen-bond acceptors (Lipinski definition) is 8. The second-order valence-corrected chi connectivity index (χ2v) is 9.01. The predicted octanol–water partition coefficient (Wildman–Crippen LogP) is 4.86. The number of carbonyl (C=O) groups is 2. The number of aryl methyl sites for hydroxylation is 1. The minimum Gasteiger partial charge on any atom is -0.449 e. The van der Waals surface area contributed by atoms with Crippen LogP contribution in [-0.4, -0.2) is 23.0 Å². The Labute approximate surface area is 180 Å². The van der Waals surface area contributed by atoms with E-state index in [0.29, 0.717) is 16.1 Å². The Morgan fingerprint density at radius 2 is 2.03 bits per heavy atom. The van der Waals surface area contributed by atoms with Gasteiger partial charge in [0, 0.05) is 16.0 Å². The maximum absolute atomic E-state index is 12.3. The van der Waals surface area contributed by atoms with Crippen LogP contribution in [0.3, 0.4) is 0 Å². The fourth-order valence-corrected chi connectivity index (χ4v) is 4.56. The van der Waals surface area contributed by atoms with Gasteiger partial charge in [-0.2, -0.15) is 5.26 Å². The topological polar surface area (TPSA) is 92.1 Å². The lowest BCUT2D eigenvalue weighted by Gasteiger charge is -2.13. The largest absolute Gasteiger partial charge is 0.449 e. The second-order valence-electron chi connectivity index (χ2n) is 5.98. The zero-order chi connectivity index (χ0) is 20.8. The number of hydrogen-bond donors (Lipinski definition) is 1. The SMILES string of the molecule is Cc1nc(CSc2ccc(C(=O)OC(C)C(=O)Nc3sccc3C#N)cc2)cs1. The normalized spacial score (nSPS) is 11.5. The Morgan fingerprint density at radius 1 is 1.28 bits per heavy atom. The molecule has 2 aromatic heterocycles. The number of esters is 1. The van der Waals surface area contributed by atoms with E-state index in [1.807, 2.05) is 30.5 Å². The molecule has 1 unspecified atom stereocenters. The molecule has 1 amide bonds. The summed E-state index contributed by atoms with van der Waals surface area (Å²) in [5, 5.41) is 16.8. The van der Waals surface area contributed by atoms with Gasteiger partial charge in [0.1, 0.15) is 11.1 Å². The van der Waals surface area contributed by atoms with E-state index in [4.69, 9.17) is 10.00 Å². The third kappa shape index (κ3) is 5.67. The van der Waals surface area contributed by atoms with Crippen LogP contribution in [0.4, 0.5) is 5.00 Å². The number of amides is 1. The highest BCUT2D eigenvalue weighted by molar-refractivity contribution is 7.98. The molecule has 0 aliphatic heterocycles. The lowest BCUT2D eigenvalue weighted by atomic mass is 10.2. The number of anilines is 1. The molecule has 0 aliphatic rings. The molecule has 0 bridgehead atoms. The summed E-state index contributed by atoms with van der Waals surface area (Å²) in [6.45, 7) is 3.47. The molecule has 9 heteroatoms. The van der Waals surface area contributed by atoms with Crippen LogP contribution < -0.4 is 5.32 Å². The van der Waals surface area contributed by atoms with E-state index in [-0.39, 0.29) is 0 Å².